The Morgan fingerprint density at radius 1 is 1.10 bits per heavy atom. The molecule has 1 amide bonds. The molecule has 0 aliphatic heterocycles. The fourth-order valence-electron chi connectivity index (χ4n) is 3.16. The molecule has 30 heavy (non-hydrogen) atoms. The van der Waals surface area contributed by atoms with Crippen molar-refractivity contribution < 1.29 is 14.3 Å². The van der Waals surface area contributed by atoms with Gasteiger partial charge in [0.15, 0.2) is 11.5 Å². The third kappa shape index (κ3) is 4.44. The third-order valence-electron chi connectivity index (χ3n) is 4.65. The van der Waals surface area contributed by atoms with E-state index in [0.29, 0.717) is 24.5 Å². The van der Waals surface area contributed by atoms with Gasteiger partial charge in [-0.1, -0.05) is 12.1 Å². The molecule has 2 heterocycles. The monoisotopic (exact) mass is 422 g/mol. The summed E-state index contributed by atoms with van der Waals surface area (Å²) in [6.45, 7) is 0.519. The number of fused-ring (bicyclic) bond motifs is 1. The zero-order chi connectivity index (χ0) is 20.9. The van der Waals surface area contributed by atoms with Crippen LogP contribution in [0.15, 0.2) is 47.8 Å². The van der Waals surface area contributed by atoms with E-state index in [0.717, 1.165) is 33.1 Å². The Labute approximate surface area is 178 Å². The number of aromatic amines is 1. The number of H-pyrrole nitrogens is 1. The van der Waals surface area contributed by atoms with E-state index >= 15 is 0 Å². The molecule has 4 rings (SSSR count). The summed E-state index contributed by atoms with van der Waals surface area (Å²) < 4.78 is 10.6. The molecule has 0 atom stereocenters. The minimum atomic E-state index is -0.0599. The molecular formula is C22H22N4O3S. The highest BCUT2D eigenvalue weighted by atomic mass is 32.1. The van der Waals surface area contributed by atoms with Gasteiger partial charge in [-0.2, -0.15) is 0 Å². The maximum absolute atomic E-state index is 12.3. The van der Waals surface area contributed by atoms with Gasteiger partial charge < -0.3 is 19.8 Å². The maximum atomic E-state index is 12.3. The molecule has 0 bridgehead atoms. The lowest BCUT2D eigenvalue weighted by molar-refractivity contribution is -0.120. The van der Waals surface area contributed by atoms with Crippen LogP contribution in [0.4, 0.5) is 0 Å². The van der Waals surface area contributed by atoms with Crippen LogP contribution >= 0.6 is 11.3 Å². The molecule has 0 aliphatic carbocycles. The summed E-state index contributed by atoms with van der Waals surface area (Å²) in [5.74, 6) is 2.12. The molecule has 2 aromatic carbocycles. The highest BCUT2D eigenvalue weighted by molar-refractivity contribution is 7.13. The first kappa shape index (κ1) is 19.9. The van der Waals surface area contributed by atoms with Crippen LogP contribution in [0, 0.1) is 0 Å². The number of amides is 1. The predicted octanol–water partition coefficient (Wildman–Crippen LogP) is 3.61. The number of hydrogen-bond donors (Lipinski definition) is 2. The van der Waals surface area contributed by atoms with Gasteiger partial charge in [0.05, 0.1) is 37.4 Å². The van der Waals surface area contributed by atoms with Gasteiger partial charge in [0, 0.05) is 23.9 Å². The van der Waals surface area contributed by atoms with Crippen LogP contribution in [0.2, 0.25) is 0 Å². The van der Waals surface area contributed by atoms with Gasteiger partial charge in [0.25, 0.3) is 0 Å². The van der Waals surface area contributed by atoms with Crippen LogP contribution in [0.3, 0.4) is 0 Å². The van der Waals surface area contributed by atoms with Crippen molar-refractivity contribution in [3.05, 3.63) is 59.4 Å². The Hall–Kier alpha value is -3.39. The van der Waals surface area contributed by atoms with Crippen molar-refractivity contribution in [3.8, 4) is 22.1 Å². The number of benzene rings is 2. The molecule has 4 aromatic rings. The molecule has 8 heteroatoms. The number of aromatic nitrogens is 3. The van der Waals surface area contributed by atoms with E-state index in [4.69, 9.17) is 9.47 Å². The zero-order valence-electron chi connectivity index (χ0n) is 16.8. The van der Waals surface area contributed by atoms with Crippen molar-refractivity contribution in [1.29, 1.82) is 0 Å². The van der Waals surface area contributed by atoms with Gasteiger partial charge in [-0.15, -0.1) is 11.3 Å². The number of para-hydroxylation sites is 2. The summed E-state index contributed by atoms with van der Waals surface area (Å²) in [6, 6.07) is 13.5. The Morgan fingerprint density at radius 2 is 1.93 bits per heavy atom. The number of nitrogens with zero attached hydrogens (tertiary/aromatic N) is 2. The van der Waals surface area contributed by atoms with E-state index in [2.05, 4.69) is 20.3 Å². The Bertz CT molecular complexity index is 1140. The third-order valence-corrected chi connectivity index (χ3v) is 5.59. The Kier molecular flexibility index (Phi) is 5.94. The SMILES string of the molecule is COc1ccc(-c2nc(CC(=O)NCCc3nc4ccccc4[nH]3)cs2)cc1OC. The topological polar surface area (TPSA) is 89.1 Å². The van der Waals surface area contributed by atoms with Crippen LogP contribution in [-0.2, 0) is 17.6 Å². The fourth-order valence-corrected chi connectivity index (χ4v) is 3.98. The number of carbonyl (C=O) groups is 1. The molecule has 0 unspecified atom stereocenters. The molecule has 0 radical (unpaired) electrons. The van der Waals surface area contributed by atoms with E-state index < -0.39 is 0 Å². The van der Waals surface area contributed by atoms with Crippen LogP contribution < -0.4 is 14.8 Å². The lowest BCUT2D eigenvalue weighted by Gasteiger charge is -2.08. The van der Waals surface area contributed by atoms with Crippen molar-refractivity contribution in [2.45, 2.75) is 12.8 Å². The normalized spacial score (nSPS) is 10.9. The molecule has 2 N–H and O–H groups in total. The Balaban J connectivity index is 1.32. The second-order valence-corrected chi connectivity index (χ2v) is 7.55. The maximum Gasteiger partial charge on any atom is 0.226 e. The number of imidazole rings is 1. The summed E-state index contributed by atoms with van der Waals surface area (Å²) in [6.07, 6.45) is 0.887. The van der Waals surface area contributed by atoms with E-state index in [-0.39, 0.29) is 12.3 Å². The van der Waals surface area contributed by atoms with E-state index in [9.17, 15) is 4.79 Å². The van der Waals surface area contributed by atoms with Gasteiger partial charge in [-0.3, -0.25) is 4.79 Å². The second kappa shape index (κ2) is 8.96. The number of ether oxygens (including phenoxy) is 2. The van der Waals surface area contributed by atoms with Crippen molar-refractivity contribution in [2.24, 2.45) is 0 Å². The van der Waals surface area contributed by atoms with Gasteiger partial charge in [0.2, 0.25) is 5.91 Å². The molecule has 0 saturated carbocycles. The molecule has 0 fully saturated rings. The molecule has 7 nitrogen and oxygen atoms in total. The Morgan fingerprint density at radius 3 is 2.73 bits per heavy atom. The second-order valence-electron chi connectivity index (χ2n) is 6.69. The highest BCUT2D eigenvalue weighted by Crippen LogP contribution is 2.33. The van der Waals surface area contributed by atoms with Gasteiger partial charge in [0.1, 0.15) is 10.8 Å². The number of nitrogens with one attached hydrogen (secondary N) is 2. The van der Waals surface area contributed by atoms with Crippen molar-refractivity contribution >= 4 is 28.3 Å². The van der Waals surface area contributed by atoms with Crippen LogP contribution in [-0.4, -0.2) is 41.6 Å². The van der Waals surface area contributed by atoms with Crippen LogP contribution in [0.1, 0.15) is 11.5 Å². The largest absolute Gasteiger partial charge is 0.493 e. The minimum Gasteiger partial charge on any atom is -0.493 e. The first-order chi connectivity index (χ1) is 14.7. The summed E-state index contributed by atoms with van der Waals surface area (Å²) in [4.78, 5) is 24.7. The minimum absolute atomic E-state index is 0.0599. The lowest BCUT2D eigenvalue weighted by Crippen LogP contribution is -2.27. The number of methoxy groups -OCH3 is 2. The first-order valence-electron chi connectivity index (χ1n) is 9.53. The van der Waals surface area contributed by atoms with E-state index in [1.165, 1.54) is 11.3 Å². The number of hydrogen-bond acceptors (Lipinski definition) is 6. The van der Waals surface area contributed by atoms with Crippen molar-refractivity contribution in [3.63, 3.8) is 0 Å². The van der Waals surface area contributed by atoms with Crippen LogP contribution in [0.5, 0.6) is 11.5 Å². The molecule has 0 aliphatic rings. The molecule has 0 spiro atoms. The summed E-state index contributed by atoms with van der Waals surface area (Å²) >= 11 is 1.50. The van der Waals surface area contributed by atoms with Crippen LogP contribution in [0.25, 0.3) is 21.6 Å². The van der Waals surface area contributed by atoms with E-state index in [1.54, 1.807) is 14.2 Å². The summed E-state index contributed by atoms with van der Waals surface area (Å²) in [5.41, 5.74) is 3.60. The molecular weight excluding hydrogens is 400 g/mol. The molecule has 2 aromatic heterocycles. The average molecular weight is 423 g/mol. The molecule has 0 saturated heterocycles. The highest BCUT2D eigenvalue weighted by Gasteiger charge is 2.12. The summed E-state index contributed by atoms with van der Waals surface area (Å²) in [5, 5.41) is 5.68. The predicted molar refractivity (Wildman–Crippen MR) is 117 cm³/mol. The molecule has 154 valence electrons. The quantitative estimate of drug-likeness (QED) is 0.453. The first-order valence-corrected chi connectivity index (χ1v) is 10.4. The average Bonchev–Trinajstić information content (AvgIpc) is 3.39. The van der Waals surface area contributed by atoms with Crippen molar-refractivity contribution in [2.75, 3.05) is 20.8 Å². The standard InChI is InChI=1S/C22H22N4O3S/c1-28-18-8-7-14(11-19(18)29-2)22-24-15(13-30-22)12-21(27)23-10-9-20-25-16-5-3-4-6-17(16)26-20/h3-8,11,13H,9-10,12H2,1-2H3,(H,23,27)(H,25,26). The lowest BCUT2D eigenvalue weighted by atomic mass is 10.2. The van der Waals surface area contributed by atoms with Crippen molar-refractivity contribution in [1.82, 2.24) is 20.3 Å². The summed E-state index contributed by atoms with van der Waals surface area (Å²) in [7, 11) is 3.20. The van der Waals surface area contributed by atoms with Gasteiger partial charge >= 0.3 is 0 Å². The smallest absolute Gasteiger partial charge is 0.226 e. The van der Waals surface area contributed by atoms with E-state index in [1.807, 2.05) is 47.8 Å². The van der Waals surface area contributed by atoms with Gasteiger partial charge in [-0.05, 0) is 30.3 Å². The zero-order valence-corrected chi connectivity index (χ0v) is 17.6. The number of carbonyl (C=O) groups excluding carboxylic acids is 1. The number of thiazole rings is 1. The fraction of sp³-hybridized carbons (Fsp3) is 0.227. The number of rotatable bonds is 8. The van der Waals surface area contributed by atoms with Gasteiger partial charge in [-0.25, -0.2) is 9.97 Å².